The Labute approximate surface area is 118 Å². The molecule has 108 valence electrons. The summed E-state index contributed by atoms with van der Waals surface area (Å²) in [5.74, 6) is 0. The summed E-state index contributed by atoms with van der Waals surface area (Å²) < 4.78 is 0. The fourth-order valence-corrected chi connectivity index (χ4v) is 2.81. The Morgan fingerprint density at radius 3 is 1.74 bits per heavy atom. The first-order valence-electron chi connectivity index (χ1n) is 7.33. The number of rotatable bonds is 5. The van der Waals surface area contributed by atoms with E-state index in [2.05, 4.69) is 41.5 Å². The predicted molar refractivity (Wildman–Crippen MR) is 82.6 cm³/mol. The third kappa shape index (κ3) is 3.18. The van der Waals surface area contributed by atoms with Gasteiger partial charge in [-0.05, 0) is 74.4 Å². The first-order chi connectivity index (χ1) is 8.82. The molecule has 0 bridgehead atoms. The van der Waals surface area contributed by atoms with E-state index in [-0.39, 0.29) is 6.04 Å². The van der Waals surface area contributed by atoms with Crippen molar-refractivity contribution in [2.45, 2.75) is 73.0 Å². The molecule has 1 aromatic rings. The molecule has 0 heterocycles. The minimum absolute atomic E-state index is 0.274. The SMILES string of the molecule is CCCC[C@H](O)[C@H](N)c1c(C)c(C)c(C)c(C)c1C. The molecule has 0 saturated carbocycles. The molecule has 1 rings (SSSR count). The van der Waals surface area contributed by atoms with E-state index in [1.54, 1.807) is 0 Å². The summed E-state index contributed by atoms with van der Waals surface area (Å²) in [6.07, 6.45) is 2.45. The lowest BCUT2D eigenvalue weighted by molar-refractivity contribution is 0.132. The normalized spacial score (nSPS) is 14.5. The largest absolute Gasteiger partial charge is 0.391 e. The third-order valence-electron chi connectivity index (χ3n) is 4.66. The average Bonchev–Trinajstić information content (AvgIpc) is 2.40. The average molecular weight is 263 g/mol. The zero-order valence-corrected chi connectivity index (χ0v) is 13.3. The Morgan fingerprint density at radius 2 is 1.32 bits per heavy atom. The van der Waals surface area contributed by atoms with E-state index >= 15 is 0 Å². The fraction of sp³-hybridized carbons (Fsp3) is 0.647. The Balaban J connectivity index is 3.20. The lowest BCUT2D eigenvalue weighted by atomic mass is 9.84. The summed E-state index contributed by atoms with van der Waals surface area (Å²) in [6, 6.07) is -0.274. The van der Waals surface area contributed by atoms with Crippen molar-refractivity contribution in [2.24, 2.45) is 5.73 Å². The Kier molecular flexibility index (Phi) is 5.57. The number of aliphatic hydroxyl groups excluding tert-OH is 1. The maximum absolute atomic E-state index is 10.3. The summed E-state index contributed by atoms with van der Waals surface area (Å²) >= 11 is 0. The maximum Gasteiger partial charge on any atom is 0.0733 e. The monoisotopic (exact) mass is 263 g/mol. The Morgan fingerprint density at radius 1 is 0.895 bits per heavy atom. The van der Waals surface area contributed by atoms with Gasteiger partial charge in [-0.25, -0.2) is 0 Å². The first kappa shape index (κ1) is 16.2. The molecule has 3 N–H and O–H groups in total. The van der Waals surface area contributed by atoms with Crippen molar-refractivity contribution >= 4 is 0 Å². The van der Waals surface area contributed by atoms with E-state index in [0.29, 0.717) is 0 Å². The van der Waals surface area contributed by atoms with Crippen LogP contribution in [-0.4, -0.2) is 11.2 Å². The molecule has 0 radical (unpaired) electrons. The van der Waals surface area contributed by atoms with Crippen molar-refractivity contribution in [2.75, 3.05) is 0 Å². The third-order valence-corrected chi connectivity index (χ3v) is 4.66. The highest BCUT2D eigenvalue weighted by atomic mass is 16.3. The van der Waals surface area contributed by atoms with Crippen molar-refractivity contribution in [1.29, 1.82) is 0 Å². The molecular weight excluding hydrogens is 234 g/mol. The lowest BCUT2D eigenvalue weighted by Crippen LogP contribution is -2.28. The summed E-state index contributed by atoms with van der Waals surface area (Å²) in [5.41, 5.74) is 13.9. The second kappa shape index (κ2) is 6.53. The maximum atomic E-state index is 10.3. The van der Waals surface area contributed by atoms with Crippen LogP contribution in [0.3, 0.4) is 0 Å². The van der Waals surface area contributed by atoms with Gasteiger partial charge in [0.25, 0.3) is 0 Å². The van der Waals surface area contributed by atoms with Crippen LogP contribution >= 0.6 is 0 Å². The van der Waals surface area contributed by atoms with Crippen LogP contribution in [0.2, 0.25) is 0 Å². The van der Waals surface area contributed by atoms with E-state index < -0.39 is 6.10 Å². The first-order valence-corrected chi connectivity index (χ1v) is 7.33. The fourth-order valence-electron chi connectivity index (χ4n) is 2.81. The van der Waals surface area contributed by atoms with Gasteiger partial charge in [-0.2, -0.15) is 0 Å². The second-order valence-electron chi connectivity index (χ2n) is 5.77. The molecular formula is C17H29NO. The van der Waals surface area contributed by atoms with Gasteiger partial charge in [0.15, 0.2) is 0 Å². The quantitative estimate of drug-likeness (QED) is 0.849. The van der Waals surface area contributed by atoms with Crippen LogP contribution in [0.25, 0.3) is 0 Å². The van der Waals surface area contributed by atoms with Gasteiger partial charge in [0, 0.05) is 0 Å². The molecule has 0 unspecified atom stereocenters. The minimum Gasteiger partial charge on any atom is -0.391 e. The van der Waals surface area contributed by atoms with Gasteiger partial charge in [0.2, 0.25) is 0 Å². The van der Waals surface area contributed by atoms with Crippen molar-refractivity contribution in [1.82, 2.24) is 0 Å². The number of hydrogen-bond acceptors (Lipinski definition) is 2. The van der Waals surface area contributed by atoms with Gasteiger partial charge >= 0.3 is 0 Å². The van der Waals surface area contributed by atoms with Crippen molar-refractivity contribution in [3.05, 3.63) is 33.4 Å². The Hall–Kier alpha value is -0.860. The van der Waals surface area contributed by atoms with Crippen LogP contribution in [-0.2, 0) is 0 Å². The molecule has 1 aromatic carbocycles. The zero-order chi connectivity index (χ0) is 14.7. The lowest BCUT2D eigenvalue weighted by Gasteiger charge is -2.26. The Bertz CT molecular complexity index is 422. The molecule has 0 spiro atoms. The van der Waals surface area contributed by atoms with E-state index in [0.717, 1.165) is 24.8 Å². The second-order valence-corrected chi connectivity index (χ2v) is 5.77. The van der Waals surface area contributed by atoms with Gasteiger partial charge < -0.3 is 10.8 Å². The van der Waals surface area contributed by atoms with Gasteiger partial charge in [-0.1, -0.05) is 19.8 Å². The van der Waals surface area contributed by atoms with E-state index in [1.165, 1.54) is 27.8 Å². The molecule has 2 atom stereocenters. The molecule has 0 aliphatic carbocycles. The van der Waals surface area contributed by atoms with Crippen LogP contribution < -0.4 is 5.73 Å². The van der Waals surface area contributed by atoms with Crippen LogP contribution in [0.4, 0.5) is 0 Å². The number of aliphatic hydroxyl groups is 1. The molecule has 0 aliphatic heterocycles. The van der Waals surface area contributed by atoms with E-state index in [1.807, 2.05) is 0 Å². The van der Waals surface area contributed by atoms with Crippen molar-refractivity contribution in [3.63, 3.8) is 0 Å². The molecule has 0 aliphatic rings. The molecule has 2 nitrogen and oxygen atoms in total. The molecule has 0 saturated heterocycles. The summed E-state index contributed by atoms with van der Waals surface area (Å²) in [5, 5.41) is 10.3. The van der Waals surface area contributed by atoms with E-state index in [4.69, 9.17) is 5.73 Å². The van der Waals surface area contributed by atoms with Crippen LogP contribution in [0.15, 0.2) is 0 Å². The standard InChI is InChI=1S/C17H29NO/c1-7-8-9-15(19)17(18)16-13(5)11(3)10(2)12(4)14(16)6/h15,17,19H,7-9,18H2,1-6H3/t15-,17-/m0/s1. The van der Waals surface area contributed by atoms with Crippen LogP contribution in [0.5, 0.6) is 0 Å². The molecule has 0 fully saturated rings. The smallest absolute Gasteiger partial charge is 0.0733 e. The van der Waals surface area contributed by atoms with Gasteiger partial charge in [-0.15, -0.1) is 0 Å². The molecule has 19 heavy (non-hydrogen) atoms. The van der Waals surface area contributed by atoms with Gasteiger partial charge in [0.1, 0.15) is 0 Å². The minimum atomic E-state index is -0.446. The molecule has 2 heteroatoms. The number of hydrogen-bond donors (Lipinski definition) is 2. The summed E-state index contributed by atoms with van der Waals surface area (Å²) in [7, 11) is 0. The molecule has 0 amide bonds. The van der Waals surface area contributed by atoms with Gasteiger partial charge in [-0.3, -0.25) is 0 Å². The highest BCUT2D eigenvalue weighted by molar-refractivity contribution is 5.50. The highest BCUT2D eigenvalue weighted by Crippen LogP contribution is 2.31. The topological polar surface area (TPSA) is 46.2 Å². The predicted octanol–water partition coefficient (Wildman–Crippen LogP) is 3.78. The highest BCUT2D eigenvalue weighted by Gasteiger charge is 2.22. The van der Waals surface area contributed by atoms with Crippen LogP contribution in [0.1, 0.15) is 65.6 Å². The summed E-state index contributed by atoms with van der Waals surface area (Å²) in [4.78, 5) is 0. The van der Waals surface area contributed by atoms with Crippen LogP contribution in [0, 0.1) is 34.6 Å². The van der Waals surface area contributed by atoms with Crippen molar-refractivity contribution in [3.8, 4) is 0 Å². The molecule has 0 aromatic heterocycles. The zero-order valence-electron chi connectivity index (χ0n) is 13.3. The van der Waals surface area contributed by atoms with E-state index in [9.17, 15) is 5.11 Å². The summed E-state index contributed by atoms with van der Waals surface area (Å²) in [6.45, 7) is 12.8. The number of unbranched alkanes of at least 4 members (excludes halogenated alkanes) is 1. The number of benzene rings is 1. The van der Waals surface area contributed by atoms with Crippen molar-refractivity contribution < 1.29 is 5.11 Å². The van der Waals surface area contributed by atoms with Gasteiger partial charge in [0.05, 0.1) is 12.1 Å². The number of nitrogens with two attached hydrogens (primary N) is 1.